The Balaban J connectivity index is 1.72. The minimum absolute atomic E-state index is 0.0747. The quantitative estimate of drug-likeness (QED) is 0.867. The summed E-state index contributed by atoms with van der Waals surface area (Å²) < 4.78 is 25.3. The van der Waals surface area contributed by atoms with Gasteiger partial charge in [0.1, 0.15) is 18.0 Å². The van der Waals surface area contributed by atoms with E-state index in [0.717, 1.165) is 0 Å². The van der Waals surface area contributed by atoms with Gasteiger partial charge in [-0.15, -0.1) is 0 Å². The molecule has 3 rings (SSSR count). The van der Waals surface area contributed by atoms with Crippen molar-refractivity contribution in [1.29, 1.82) is 0 Å². The number of rotatable bonds is 3. The largest absolute Gasteiger partial charge is 0.461 e. The van der Waals surface area contributed by atoms with E-state index >= 15 is 0 Å². The van der Waals surface area contributed by atoms with E-state index in [1.807, 2.05) is 25.7 Å². The van der Waals surface area contributed by atoms with E-state index in [9.17, 15) is 9.18 Å². The molecular formula is C17H23FN2O3. The number of hydrogen-bond donors (Lipinski definition) is 1. The zero-order valence-corrected chi connectivity index (χ0v) is 13.7. The number of morpholine rings is 1. The highest BCUT2D eigenvalue weighted by Crippen LogP contribution is 2.27. The minimum Gasteiger partial charge on any atom is -0.461 e. The van der Waals surface area contributed by atoms with Gasteiger partial charge in [-0.25, -0.2) is 9.18 Å². The summed E-state index contributed by atoms with van der Waals surface area (Å²) in [6.45, 7) is 7.16. The third kappa shape index (κ3) is 3.58. The number of anilines is 2. The normalized spacial score (nSPS) is 31.1. The Hall–Kier alpha value is -1.82. The maximum Gasteiger partial charge on any atom is 0.328 e. The molecule has 1 N–H and O–H groups in total. The lowest BCUT2D eigenvalue weighted by Crippen LogP contribution is -2.45. The summed E-state index contributed by atoms with van der Waals surface area (Å²) in [6, 6.07) is 4.60. The van der Waals surface area contributed by atoms with E-state index in [4.69, 9.17) is 9.47 Å². The van der Waals surface area contributed by atoms with Crippen LogP contribution in [0.3, 0.4) is 0 Å². The molecule has 0 unspecified atom stereocenters. The first kappa shape index (κ1) is 16.1. The maximum atomic E-state index is 14.5. The van der Waals surface area contributed by atoms with Crippen LogP contribution >= 0.6 is 0 Å². The Morgan fingerprint density at radius 3 is 2.43 bits per heavy atom. The average Bonchev–Trinajstić information content (AvgIpc) is 2.75. The molecule has 0 radical (unpaired) electrons. The van der Waals surface area contributed by atoms with Gasteiger partial charge in [0.15, 0.2) is 0 Å². The van der Waals surface area contributed by atoms with Crippen LogP contribution in [0.15, 0.2) is 18.2 Å². The van der Waals surface area contributed by atoms with Gasteiger partial charge in [-0.1, -0.05) is 0 Å². The van der Waals surface area contributed by atoms with Crippen molar-refractivity contribution < 1.29 is 18.7 Å². The molecule has 5 nitrogen and oxygen atoms in total. The third-order valence-corrected chi connectivity index (χ3v) is 4.22. The summed E-state index contributed by atoms with van der Waals surface area (Å²) in [5.41, 5.74) is 1.16. The van der Waals surface area contributed by atoms with Gasteiger partial charge in [-0.3, -0.25) is 0 Å². The van der Waals surface area contributed by atoms with Gasteiger partial charge in [-0.05, 0) is 39.0 Å². The lowest BCUT2D eigenvalue weighted by Gasteiger charge is -2.37. The Kier molecular flexibility index (Phi) is 4.43. The van der Waals surface area contributed by atoms with Crippen molar-refractivity contribution in [2.24, 2.45) is 0 Å². The number of carbonyl (C=O) groups is 1. The molecule has 2 aliphatic heterocycles. The van der Waals surface area contributed by atoms with E-state index in [0.29, 0.717) is 30.9 Å². The van der Waals surface area contributed by atoms with Crippen LogP contribution in [0, 0.1) is 5.82 Å². The summed E-state index contributed by atoms with van der Waals surface area (Å²) in [5.74, 6) is -0.575. The second-order valence-corrected chi connectivity index (χ2v) is 6.51. The molecule has 0 saturated carbocycles. The summed E-state index contributed by atoms with van der Waals surface area (Å²) in [5, 5.41) is 3.05. The zero-order chi connectivity index (χ0) is 16.6. The molecule has 2 aliphatic rings. The van der Waals surface area contributed by atoms with E-state index in [1.54, 1.807) is 12.1 Å². The predicted octanol–water partition coefficient (Wildman–Crippen LogP) is 2.56. The molecule has 0 spiro atoms. The first-order valence-electron chi connectivity index (χ1n) is 8.09. The Morgan fingerprint density at radius 2 is 1.87 bits per heavy atom. The fourth-order valence-electron chi connectivity index (χ4n) is 3.30. The van der Waals surface area contributed by atoms with E-state index < -0.39 is 6.04 Å². The molecule has 23 heavy (non-hydrogen) atoms. The first-order chi connectivity index (χ1) is 10.9. The molecule has 0 aliphatic carbocycles. The van der Waals surface area contributed by atoms with E-state index in [-0.39, 0.29) is 30.1 Å². The van der Waals surface area contributed by atoms with Crippen LogP contribution in [0.4, 0.5) is 15.8 Å². The number of nitrogens with one attached hydrogen (secondary N) is 1. The van der Waals surface area contributed by atoms with Gasteiger partial charge in [0.2, 0.25) is 0 Å². The van der Waals surface area contributed by atoms with Gasteiger partial charge in [0.25, 0.3) is 0 Å². The van der Waals surface area contributed by atoms with Gasteiger partial charge in [0.05, 0.1) is 17.9 Å². The van der Waals surface area contributed by atoms with Gasteiger partial charge in [0, 0.05) is 25.2 Å². The van der Waals surface area contributed by atoms with Crippen LogP contribution in [0.1, 0.15) is 27.2 Å². The zero-order valence-electron chi connectivity index (χ0n) is 13.7. The van der Waals surface area contributed by atoms with Crippen molar-refractivity contribution in [2.75, 3.05) is 23.3 Å². The van der Waals surface area contributed by atoms with Gasteiger partial charge in [-0.2, -0.15) is 0 Å². The Bertz CT molecular complexity index is 585. The standard InChI is InChI=1S/C17H23FN2O3/c1-10-6-15(17(21)23-10)19-13-4-5-16(14(18)7-13)20-8-11(2)22-12(3)9-20/h4-5,7,10-12,15,19H,6,8-9H2,1-3H3/t10-,11-,12+,15-/m1/s1. The Labute approximate surface area is 135 Å². The summed E-state index contributed by atoms with van der Waals surface area (Å²) in [7, 11) is 0. The number of halogens is 1. The predicted molar refractivity (Wildman–Crippen MR) is 86.2 cm³/mol. The second-order valence-electron chi connectivity index (χ2n) is 6.51. The highest BCUT2D eigenvalue weighted by molar-refractivity contribution is 5.81. The summed E-state index contributed by atoms with van der Waals surface area (Å²) in [6.07, 6.45) is 0.651. The van der Waals surface area contributed by atoms with E-state index in [1.165, 1.54) is 6.07 Å². The maximum absolute atomic E-state index is 14.5. The molecule has 4 atom stereocenters. The summed E-state index contributed by atoms with van der Waals surface area (Å²) in [4.78, 5) is 13.7. The number of ether oxygens (including phenoxy) is 2. The molecule has 126 valence electrons. The summed E-state index contributed by atoms with van der Waals surface area (Å²) >= 11 is 0. The van der Waals surface area contributed by atoms with Crippen LogP contribution < -0.4 is 10.2 Å². The van der Waals surface area contributed by atoms with Crippen LogP contribution in [-0.4, -0.2) is 43.4 Å². The van der Waals surface area contributed by atoms with Crippen molar-refractivity contribution in [2.45, 2.75) is 51.5 Å². The smallest absolute Gasteiger partial charge is 0.328 e. The molecule has 0 amide bonds. The molecular weight excluding hydrogens is 299 g/mol. The number of esters is 1. The lowest BCUT2D eigenvalue weighted by molar-refractivity contribution is -0.141. The van der Waals surface area contributed by atoms with Crippen LogP contribution in [-0.2, 0) is 14.3 Å². The number of benzene rings is 1. The number of cyclic esters (lactones) is 1. The number of nitrogens with zero attached hydrogens (tertiary/aromatic N) is 1. The molecule has 1 aromatic rings. The first-order valence-corrected chi connectivity index (χ1v) is 8.09. The van der Waals surface area contributed by atoms with Crippen LogP contribution in [0.25, 0.3) is 0 Å². The minimum atomic E-state index is -0.404. The monoisotopic (exact) mass is 322 g/mol. The fourth-order valence-corrected chi connectivity index (χ4v) is 3.30. The van der Waals surface area contributed by atoms with Crippen molar-refractivity contribution in [3.63, 3.8) is 0 Å². The van der Waals surface area contributed by atoms with Gasteiger partial charge >= 0.3 is 5.97 Å². The number of carbonyl (C=O) groups excluding carboxylic acids is 1. The molecule has 0 bridgehead atoms. The molecule has 1 aromatic carbocycles. The SMILES string of the molecule is C[C@@H]1C[C@@H](Nc2ccc(N3C[C@@H](C)O[C@@H](C)C3)c(F)c2)C(=O)O1. The highest BCUT2D eigenvalue weighted by atomic mass is 19.1. The average molecular weight is 322 g/mol. The molecule has 6 heteroatoms. The Morgan fingerprint density at radius 1 is 1.17 bits per heavy atom. The topological polar surface area (TPSA) is 50.8 Å². The van der Waals surface area contributed by atoms with Crippen molar-refractivity contribution in [1.82, 2.24) is 0 Å². The third-order valence-electron chi connectivity index (χ3n) is 4.22. The lowest BCUT2D eigenvalue weighted by atomic mass is 10.1. The highest BCUT2D eigenvalue weighted by Gasteiger charge is 2.32. The van der Waals surface area contributed by atoms with Crippen molar-refractivity contribution in [3.05, 3.63) is 24.0 Å². The molecule has 2 saturated heterocycles. The van der Waals surface area contributed by atoms with Crippen molar-refractivity contribution in [3.8, 4) is 0 Å². The molecule has 0 aromatic heterocycles. The number of hydrogen-bond acceptors (Lipinski definition) is 5. The van der Waals surface area contributed by atoms with Crippen LogP contribution in [0.2, 0.25) is 0 Å². The van der Waals surface area contributed by atoms with Gasteiger partial charge < -0.3 is 19.7 Å². The molecule has 2 heterocycles. The van der Waals surface area contributed by atoms with E-state index in [2.05, 4.69) is 5.32 Å². The van der Waals surface area contributed by atoms with Crippen LogP contribution in [0.5, 0.6) is 0 Å². The molecule has 2 fully saturated rings. The fraction of sp³-hybridized carbons (Fsp3) is 0.588. The van der Waals surface area contributed by atoms with Crippen molar-refractivity contribution >= 4 is 17.3 Å². The second kappa shape index (κ2) is 6.35.